The topological polar surface area (TPSA) is 70.0 Å². The Labute approximate surface area is 105 Å². The number of aldehydes is 1. The molecule has 1 saturated heterocycles. The lowest BCUT2D eigenvalue weighted by Gasteiger charge is -2.29. The molecule has 1 aromatic rings. The first-order valence-corrected chi connectivity index (χ1v) is 6.05. The Kier molecular flexibility index (Phi) is 4.17. The zero-order valence-electron chi connectivity index (χ0n) is 10.1. The van der Waals surface area contributed by atoms with Crippen LogP contribution in [0.25, 0.3) is 0 Å². The number of benzene rings is 1. The van der Waals surface area contributed by atoms with E-state index in [-0.39, 0.29) is 11.8 Å². The molecule has 96 valence electrons. The number of nitrogens with zero attached hydrogens (tertiary/aromatic N) is 2. The second-order valence-corrected chi connectivity index (χ2v) is 4.61. The molecule has 2 rings (SSSR count). The molecule has 1 aliphatic rings. The number of aliphatic hydroxyl groups excluding tert-OH is 1. The third-order valence-corrected chi connectivity index (χ3v) is 3.28. The SMILES string of the molecule is O=Cc1cc(CN2CCC(O)CC2)ccc1N=O. The van der Waals surface area contributed by atoms with Gasteiger partial charge in [-0.05, 0) is 35.7 Å². The van der Waals surface area contributed by atoms with Crippen molar-refractivity contribution in [2.24, 2.45) is 5.18 Å². The van der Waals surface area contributed by atoms with E-state index < -0.39 is 0 Å². The second-order valence-electron chi connectivity index (χ2n) is 4.61. The van der Waals surface area contributed by atoms with Crippen LogP contribution < -0.4 is 0 Å². The highest BCUT2D eigenvalue weighted by Crippen LogP contribution is 2.20. The number of hydrogen-bond acceptors (Lipinski definition) is 5. The van der Waals surface area contributed by atoms with Gasteiger partial charge in [-0.3, -0.25) is 9.69 Å². The molecule has 0 spiro atoms. The van der Waals surface area contributed by atoms with Gasteiger partial charge in [0.1, 0.15) is 5.69 Å². The van der Waals surface area contributed by atoms with Gasteiger partial charge in [0.25, 0.3) is 0 Å². The fourth-order valence-electron chi connectivity index (χ4n) is 2.22. The maximum atomic E-state index is 10.8. The Morgan fingerprint density at radius 1 is 1.39 bits per heavy atom. The summed E-state index contributed by atoms with van der Waals surface area (Å²) in [5, 5.41) is 12.2. The number of likely N-dealkylation sites (tertiary alicyclic amines) is 1. The van der Waals surface area contributed by atoms with E-state index in [4.69, 9.17) is 0 Å². The average molecular weight is 248 g/mol. The highest BCUT2D eigenvalue weighted by molar-refractivity contribution is 5.83. The summed E-state index contributed by atoms with van der Waals surface area (Å²) >= 11 is 0. The van der Waals surface area contributed by atoms with Crippen molar-refractivity contribution in [2.75, 3.05) is 13.1 Å². The Morgan fingerprint density at radius 2 is 2.11 bits per heavy atom. The third-order valence-electron chi connectivity index (χ3n) is 3.28. The van der Waals surface area contributed by atoms with Gasteiger partial charge in [-0.25, -0.2) is 0 Å². The van der Waals surface area contributed by atoms with E-state index >= 15 is 0 Å². The molecule has 0 aromatic heterocycles. The summed E-state index contributed by atoms with van der Waals surface area (Å²) in [5.41, 5.74) is 1.50. The molecule has 5 nitrogen and oxygen atoms in total. The predicted octanol–water partition coefficient (Wildman–Crippen LogP) is 1.85. The van der Waals surface area contributed by atoms with E-state index in [1.54, 1.807) is 12.1 Å². The third kappa shape index (κ3) is 3.00. The van der Waals surface area contributed by atoms with E-state index in [2.05, 4.69) is 10.1 Å². The Hall–Kier alpha value is -1.59. The van der Waals surface area contributed by atoms with Gasteiger partial charge in [0, 0.05) is 25.2 Å². The Bertz CT molecular complexity index is 440. The lowest BCUT2D eigenvalue weighted by Crippen LogP contribution is -2.35. The number of nitroso groups, excluding NO2 is 1. The number of carbonyl (C=O) groups is 1. The van der Waals surface area contributed by atoms with Crippen LogP contribution in [-0.4, -0.2) is 35.5 Å². The van der Waals surface area contributed by atoms with Crippen LogP contribution in [0.15, 0.2) is 23.4 Å². The molecule has 1 N–H and O–H groups in total. The maximum absolute atomic E-state index is 10.8. The highest BCUT2D eigenvalue weighted by Gasteiger charge is 2.17. The van der Waals surface area contributed by atoms with Crippen LogP contribution in [0.4, 0.5) is 5.69 Å². The quantitative estimate of drug-likeness (QED) is 0.652. The van der Waals surface area contributed by atoms with Crippen molar-refractivity contribution in [3.63, 3.8) is 0 Å². The number of hydrogen-bond donors (Lipinski definition) is 1. The average Bonchev–Trinajstić information content (AvgIpc) is 2.41. The molecule has 5 heteroatoms. The molecule has 1 heterocycles. The van der Waals surface area contributed by atoms with E-state index in [9.17, 15) is 14.8 Å². The van der Waals surface area contributed by atoms with E-state index in [1.165, 1.54) is 0 Å². The van der Waals surface area contributed by atoms with Crippen LogP contribution in [-0.2, 0) is 6.54 Å². The normalized spacial score (nSPS) is 17.6. The summed E-state index contributed by atoms with van der Waals surface area (Å²) in [7, 11) is 0. The highest BCUT2D eigenvalue weighted by atomic mass is 16.3. The van der Waals surface area contributed by atoms with Crippen LogP contribution in [0.3, 0.4) is 0 Å². The standard InChI is InChI=1S/C13H16N2O3/c16-9-11-7-10(1-2-13(11)14-18)8-15-5-3-12(17)4-6-15/h1-2,7,9,12,17H,3-6,8H2. The Balaban J connectivity index is 2.05. The van der Waals surface area contributed by atoms with E-state index in [0.717, 1.165) is 38.0 Å². The summed E-state index contributed by atoms with van der Waals surface area (Å²) in [6.45, 7) is 2.43. The second kappa shape index (κ2) is 5.84. The van der Waals surface area contributed by atoms with Gasteiger partial charge < -0.3 is 5.11 Å². The fourth-order valence-corrected chi connectivity index (χ4v) is 2.22. The van der Waals surface area contributed by atoms with Gasteiger partial charge in [-0.1, -0.05) is 6.07 Å². The van der Waals surface area contributed by atoms with Gasteiger partial charge in [-0.2, -0.15) is 0 Å². The summed E-state index contributed by atoms with van der Waals surface area (Å²) in [4.78, 5) is 23.5. The predicted molar refractivity (Wildman–Crippen MR) is 67.8 cm³/mol. The maximum Gasteiger partial charge on any atom is 0.152 e. The Morgan fingerprint density at radius 3 is 2.72 bits per heavy atom. The molecular weight excluding hydrogens is 232 g/mol. The van der Waals surface area contributed by atoms with Gasteiger partial charge in [-0.15, -0.1) is 4.91 Å². The van der Waals surface area contributed by atoms with E-state index in [1.807, 2.05) is 6.07 Å². The molecule has 18 heavy (non-hydrogen) atoms. The van der Waals surface area contributed by atoms with Gasteiger partial charge in [0.15, 0.2) is 6.29 Å². The summed E-state index contributed by atoms with van der Waals surface area (Å²) < 4.78 is 0. The monoisotopic (exact) mass is 248 g/mol. The van der Waals surface area contributed by atoms with Crippen LogP contribution in [0.1, 0.15) is 28.8 Å². The van der Waals surface area contributed by atoms with Crippen LogP contribution in [0.5, 0.6) is 0 Å². The first kappa shape index (κ1) is 12.9. The summed E-state index contributed by atoms with van der Waals surface area (Å²) in [6, 6.07) is 5.09. The van der Waals surface area contributed by atoms with Crippen molar-refractivity contribution in [3.8, 4) is 0 Å². The van der Waals surface area contributed by atoms with Crippen molar-refractivity contribution in [1.29, 1.82) is 0 Å². The number of piperidine rings is 1. The minimum absolute atomic E-state index is 0.183. The number of carbonyl (C=O) groups excluding carboxylic acids is 1. The molecule has 0 aliphatic carbocycles. The molecule has 1 aliphatic heterocycles. The van der Waals surface area contributed by atoms with Crippen molar-refractivity contribution in [3.05, 3.63) is 34.2 Å². The smallest absolute Gasteiger partial charge is 0.152 e. The number of aliphatic hydroxyl groups is 1. The number of rotatable bonds is 4. The molecule has 0 bridgehead atoms. The van der Waals surface area contributed by atoms with Crippen molar-refractivity contribution in [2.45, 2.75) is 25.5 Å². The zero-order valence-corrected chi connectivity index (χ0v) is 10.1. The molecular formula is C13H16N2O3. The molecule has 0 amide bonds. The minimum atomic E-state index is -0.187. The first-order chi connectivity index (χ1) is 8.72. The van der Waals surface area contributed by atoms with Crippen molar-refractivity contribution in [1.82, 2.24) is 4.90 Å². The van der Waals surface area contributed by atoms with E-state index in [0.29, 0.717) is 11.8 Å². The van der Waals surface area contributed by atoms with Crippen LogP contribution >= 0.6 is 0 Å². The summed E-state index contributed by atoms with van der Waals surface area (Å²) in [5.74, 6) is 0. The van der Waals surface area contributed by atoms with Crippen LogP contribution in [0, 0.1) is 4.91 Å². The van der Waals surface area contributed by atoms with Crippen LogP contribution in [0.2, 0.25) is 0 Å². The molecule has 1 aromatic carbocycles. The van der Waals surface area contributed by atoms with Gasteiger partial charge in [0.2, 0.25) is 0 Å². The molecule has 0 atom stereocenters. The lowest BCUT2D eigenvalue weighted by atomic mass is 10.1. The molecule has 0 unspecified atom stereocenters. The molecule has 1 fully saturated rings. The van der Waals surface area contributed by atoms with Gasteiger partial charge >= 0.3 is 0 Å². The molecule has 0 saturated carbocycles. The van der Waals surface area contributed by atoms with Gasteiger partial charge in [0.05, 0.1) is 6.10 Å². The lowest BCUT2D eigenvalue weighted by molar-refractivity contribution is 0.0792. The summed E-state index contributed by atoms with van der Waals surface area (Å²) in [6.07, 6.45) is 2.04. The molecule has 0 radical (unpaired) electrons. The van der Waals surface area contributed by atoms with Crippen molar-refractivity contribution < 1.29 is 9.90 Å². The first-order valence-electron chi connectivity index (χ1n) is 6.05. The van der Waals surface area contributed by atoms with Crippen molar-refractivity contribution >= 4 is 12.0 Å². The minimum Gasteiger partial charge on any atom is -0.393 e. The zero-order chi connectivity index (χ0) is 13.0. The largest absolute Gasteiger partial charge is 0.393 e. The fraction of sp³-hybridized carbons (Fsp3) is 0.462.